The zero-order valence-corrected chi connectivity index (χ0v) is 11.8. The van der Waals surface area contributed by atoms with Gasteiger partial charge >= 0.3 is 0 Å². The number of carbonyl (C=O) groups excluding carboxylic acids is 1. The lowest BCUT2D eigenvalue weighted by molar-refractivity contribution is 0.103. The van der Waals surface area contributed by atoms with Gasteiger partial charge in [-0.1, -0.05) is 13.8 Å². The third-order valence-corrected chi connectivity index (χ3v) is 3.22. The van der Waals surface area contributed by atoms with E-state index in [4.69, 9.17) is 0 Å². The summed E-state index contributed by atoms with van der Waals surface area (Å²) in [5.41, 5.74) is 3.75. The Hall–Kier alpha value is -1.58. The van der Waals surface area contributed by atoms with E-state index >= 15 is 0 Å². The third-order valence-electron chi connectivity index (χ3n) is 3.22. The molecule has 0 fully saturated rings. The molecule has 0 amide bonds. The van der Waals surface area contributed by atoms with E-state index in [9.17, 15) is 4.79 Å². The highest BCUT2D eigenvalue weighted by Crippen LogP contribution is 2.32. The van der Waals surface area contributed by atoms with Crippen LogP contribution in [-0.4, -0.2) is 34.6 Å². The van der Waals surface area contributed by atoms with Gasteiger partial charge < -0.3 is 4.90 Å². The van der Waals surface area contributed by atoms with Gasteiger partial charge in [0.1, 0.15) is 0 Å². The van der Waals surface area contributed by atoms with E-state index < -0.39 is 0 Å². The van der Waals surface area contributed by atoms with Gasteiger partial charge in [0.25, 0.3) is 0 Å². The number of carbonyl (C=O) groups is 1. The zero-order chi connectivity index (χ0) is 13.4. The molecular formula is C14H21N3O. The second-order valence-electron chi connectivity index (χ2n) is 5.30. The summed E-state index contributed by atoms with van der Waals surface area (Å²) in [7, 11) is 3.89. The summed E-state index contributed by atoms with van der Waals surface area (Å²) in [5.74, 6) is 0.441. The molecule has 98 valence electrons. The summed E-state index contributed by atoms with van der Waals surface area (Å²) >= 11 is 0. The molecular weight excluding hydrogens is 226 g/mol. The zero-order valence-electron chi connectivity index (χ0n) is 11.8. The Labute approximate surface area is 108 Å². The molecule has 1 aromatic rings. The quantitative estimate of drug-likeness (QED) is 0.769. The van der Waals surface area contributed by atoms with Crippen LogP contribution in [0.25, 0.3) is 0 Å². The van der Waals surface area contributed by atoms with Crippen molar-refractivity contribution in [3.63, 3.8) is 0 Å². The summed E-state index contributed by atoms with van der Waals surface area (Å²) < 4.78 is 1.97. The van der Waals surface area contributed by atoms with Gasteiger partial charge in [0.05, 0.1) is 17.0 Å². The minimum Gasteiger partial charge on any atom is -0.383 e. The molecule has 1 heterocycles. The van der Waals surface area contributed by atoms with Crippen LogP contribution in [0.3, 0.4) is 0 Å². The highest BCUT2D eigenvalue weighted by Gasteiger charge is 2.33. The second kappa shape index (κ2) is 4.59. The number of aryl methyl sites for hydroxylation is 1. The lowest BCUT2D eigenvalue weighted by Gasteiger charge is -2.07. The molecule has 1 aliphatic carbocycles. The first-order valence-corrected chi connectivity index (χ1v) is 6.47. The normalized spacial score (nSPS) is 16.8. The fraction of sp³-hybridized carbons (Fsp3) is 0.571. The Morgan fingerprint density at radius 1 is 1.44 bits per heavy atom. The molecule has 4 nitrogen and oxygen atoms in total. The van der Waals surface area contributed by atoms with Crippen LogP contribution >= 0.6 is 0 Å². The van der Waals surface area contributed by atoms with Crippen molar-refractivity contribution in [2.45, 2.75) is 39.7 Å². The maximum atomic E-state index is 12.4. The Morgan fingerprint density at radius 3 is 2.61 bits per heavy atom. The minimum atomic E-state index is 0.155. The molecule has 4 heteroatoms. The highest BCUT2D eigenvalue weighted by molar-refractivity contribution is 6.13. The van der Waals surface area contributed by atoms with Crippen LogP contribution in [0.2, 0.25) is 0 Å². The number of allylic oxidation sites excluding steroid dienone is 1. The summed E-state index contributed by atoms with van der Waals surface area (Å²) in [6, 6.07) is 0. The predicted molar refractivity (Wildman–Crippen MR) is 71.8 cm³/mol. The molecule has 0 saturated carbocycles. The lowest BCUT2D eigenvalue weighted by atomic mass is 10.0. The lowest BCUT2D eigenvalue weighted by Crippen LogP contribution is -2.09. The molecule has 0 unspecified atom stereocenters. The fourth-order valence-electron chi connectivity index (χ4n) is 2.45. The van der Waals surface area contributed by atoms with Crippen LogP contribution < -0.4 is 0 Å². The van der Waals surface area contributed by atoms with Gasteiger partial charge in [0.2, 0.25) is 0 Å². The number of hydrogen-bond donors (Lipinski definition) is 0. The van der Waals surface area contributed by atoms with Crippen molar-refractivity contribution in [3.05, 3.63) is 28.7 Å². The van der Waals surface area contributed by atoms with Crippen LogP contribution in [0.5, 0.6) is 0 Å². The first-order valence-electron chi connectivity index (χ1n) is 6.47. The monoisotopic (exact) mass is 247 g/mol. The smallest absolute Gasteiger partial charge is 0.194 e. The van der Waals surface area contributed by atoms with Crippen LogP contribution in [0.15, 0.2) is 11.8 Å². The molecule has 1 aliphatic rings. The molecule has 0 saturated heterocycles. The summed E-state index contributed by atoms with van der Waals surface area (Å²) in [6.07, 6.45) is 2.63. The summed E-state index contributed by atoms with van der Waals surface area (Å²) in [5, 5.41) is 4.57. The molecule has 0 aromatic carbocycles. The Morgan fingerprint density at radius 2 is 2.11 bits per heavy atom. The minimum absolute atomic E-state index is 0.155. The van der Waals surface area contributed by atoms with Crippen molar-refractivity contribution in [3.8, 4) is 0 Å². The van der Waals surface area contributed by atoms with Gasteiger partial charge in [-0.05, 0) is 12.8 Å². The van der Waals surface area contributed by atoms with Crippen LogP contribution in [-0.2, 0) is 13.0 Å². The number of fused-ring (bicyclic) bond motifs is 1. The van der Waals surface area contributed by atoms with E-state index in [2.05, 4.69) is 25.9 Å². The van der Waals surface area contributed by atoms with E-state index in [1.807, 2.05) is 29.9 Å². The number of Topliss-reactive ketones (excluding diaryl/α,β-unsaturated/α-hetero) is 1. The van der Waals surface area contributed by atoms with Crippen LogP contribution in [0.4, 0.5) is 0 Å². The van der Waals surface area contributed by atoms with Crippen molar-refractivity contribution < 1.29 is 4.79 Å². The first-order chi connectivity index (χ1) is 8.45. The third kappa shape index (κ3) is 1.96. The number of hydrogen-bond acceptors (Lipinski definition) is 3. The number of nitrogens with zero attached hydrogens (tertiary/aromatic N) is 3. The van der Waals surface area contributed by atoms with Gasteiger partial charge in [-0.2, -0.15) is 5.10 Å². The highest BCUT2D eigenvalue weighted by atomic mass is 16.1. The van der Waals surface area contributed by atoms with Crippen molar-refractivity contribution in [1.29, 1.82) is 0 Å². The van der Waals surface area contributed by atoms with Gasteiger partial charge in [0, 0.05) is 38.8 Å². The SMILES string of the molecule is CCn1nc(C(C)C)c2c1C/C(=C/N(C)C)C2=O. The maximum Gasteiger partial charge on any atom is 0.194 e. The summed E-state index contributed by atoms with van der Waals surface area (Å²) in [4.78, 5) is 14.4. The van der Waals surface area contributed by atoms with Gasteiger partial charge in [-0.15, -0.1) is 0 Å². The molecule has 2 rings (SSSR count). The first kappa shape index (κ1) is 12.9. The Balaban J connectivity index is 2.51. The molecule has 0 spiro atoms. The number of ketones is 1. The molecule has 0 N–H and O–H groups in total. The topological polar surface area (TPSA) is 38.1 Å². The van der Waals surface area contributed by atoms with E-state index in [1.165, 1.54) is 0 Å². The molecule has 0 radical (unpaired) electrons. The maximum absolute atomic E-state index is 12.4. The molecule has 18 heavy (non-hydrogen) atoms. The van der Waals surface area contributed by atoms with E-state index in [0.717, 1.165) is 29.1 Å². The standard InChI is InChI=1S/C14H21N3O/c1-6-17-11-7-10(8-16(4)5)14(18)12(11)13(15-17)9(2)3/h8-9H,6-7H2,1-5H3/b10-8-. The average molecular weight is 247 g/mol. The average Bonchev–Trinajstić information content (AvgIpc) is 2.78. The fourth-order valence-corrected chi connectivity index (χ4v) is 2.45. The second-order valence-corrected chi connectivity index (χ2v) is 5.30. The van der Waals surface area contributed by atoms with Gasteiger partial charge in [0.15, 0.2) is 5.78 Å². The number of aromatic nitrogens is 2. The number of rotatable bonds is 3. The predicted octanol–water partition coefficient (Wildman–Crippen LogP) is 2.21. The van der Waals surface area contributed by atoms with Crippen molar-refractivity contribution >= 4 is 5.78 Å². The van der Waals surface area contributed by atoms with Crippen molar-refractivity contribution in [2.75, 3.05) is 14.1 Å². The van der Waals surface area contributed by atoms with E-state index in [1.54, 1.807) is 0 Å². The Bertz CT molecular complexity index is 509. The van der Waals surface area contributed by atoms with Crippen LogP contribution in [0.1, 0.15) is 48.4 Å². The largest absolute Gasteiger partial charge is 0.383 e. The van der Waals surface area contributed by atoms with Crippen LogP contribution in [0, 0.1) is 0 Å². The Kier molecular flexibility index (Phi) is 3.28. The van der Waals surface area contributed by atoms with E-state index in [-0.39, 0.29) is 11.7 Å². The van der Waals surface area contributed by atoms with Crippen molar-refractivity contribution in [2.24, 2.45) is 0 Å². The molecule has 0 aliphatic heterocycles. The van der Waals surface area contributed by atoms with Gasteiger partial charge in [-0.3, -0.25) is 9.48 Å². The molecule has 0 bridgehead atoms. The molecule has 1 aromatic heterocycles. The molecule has 0 atom stereocenters. The summed E-state index contributed by atoms with van der Waals surface area (Å²) in [6.45, 7) is 7.06. The van der Waals surface area contributed by atoms with E-state index in [0.29, 0.717) is 6.42 Å². The van der Waals surface area contributed by atoms with Crippen molar-refractivity contribution in [1.82, 2.24) is 14.7 Å². The van der Waals surface area contributed by atoms with Gasteiger partial charge in [-0.25, -0.2) is 0 Å².